The molecule has 15 heteroatoms. The van der Waals surface area contributed by atoms with Crippen molar-refractivity contribution in [2.45, 2.75) is 25.0 Å². The normalized spacial score (nSPS) is 12.6. The lowest BCUT2D eigenvalue weighted by molar-refractivity contribution is -0.138. The van der Waals surface area contributed by atoms with Crippen LogP contribution >= 0.6 is 67.8 Å². The number of benzene rings is 1. The van der Waals surface area contributed by atoms with Crippen LogP contribution in [0.5, 0.6) is 0 Å². The number of amides is 3. The van der Waals surface area contributed by atoms with Crippen molar-refractivity contribution in [3.8, 4) is 0 Å². The zero-order valence-corrected chi connectivity index (χ0v) is 23.4. The summed E-state index contributed by atoms with van der Waals surface area (Å²) < 4.78 is 0.762. The van der Waals surface area contributed by atoms with E-state index in [0.29, 0.717) is 0 Å². The van der Waals surface area contributed by atoms with E-state index in [0.717, 1.165) is 0 Å². The van der Waals surface area contributed by atoms with Gasteiger partial charge in [-0.1, -0.05) is 0 Å². The van der Waals surface area contributed by atoms with Crippen molar-refractivity contribution in [1.29, 1.82) is 0 Å². The summed E-state index contributed by atoms with van der Waals surface area (Å²) in [6.45, 7) is -1.68. The Morgan fingerprint density at radius 2 is 1.18 bits per heavy atom. The van der Waals surface area contributed by atoms with Gasteiger partial charge in [0.1, 0.15) is 0 Å². The number of carboxylic acids is 1. The van der Waals surface area contributed by atoms with Gasteiger partial charge < -0.3 is 41.5 Å². The van der Waals surface area contributed by atoms with E-state index in [4.69, 9.17) is 15.3 Å². The van der Waals surface area contributed by atoms with Crippen molar-refractivity contribution in [2.24, 2.45) is 0 Å². The summed E-state index contributed by atoms with van der Waals surface area (Å²) in [4.78, 5) is 48.7. The van der Waals surface area contributed by atoms with E-state index >= 15 is 0 Å². The highest BCUT2D eigenvalue weighted by atomic mass is 127. The number of aliphatic hydroxyl groups is 4. The van der Waals surface area contributed by atoms with Gasteiger partial charge in [-0.3, -0.25) is 19.2 Å². The highest BCUT2D eigenvalue weighted by Gasteiger charge is 2.29. The average Bonchev–Trinajstić information content (AvgIpc) is 2.76. The largest absolute Gasteiger partial charge is 0.481 e. The predicted molar refractivity (Wildman–Crippen MR) is 141 cm³/mol. The number of carbonyl (C=O) groups excluding carboxylic acids is 3. The van der Waals surface area contributed by atoms with Crippen LogP contribution in [-0.2, 0) is 9.59 Å². The molecular formula is C18H22I3N3O9. The molecule has 2 unspecified atom stereocenters. The number of nitrogens with one attached hydrogen (secondary N) is 3. The second-order valence-electron chi connectivity index (χ2n) is 6.60. The molecule has 0 saturated carbocycles. The van der Waals surface area contributed by atoms with Crippen molar-refractivity contribution in [3.05, 3.63) is 21.8 Å². The van der Waals surface area contributed by atoms with Crippen LogP contribution in [-0.4, -0.2) is 87.7 Å². The molecule has 0 aliphatic rings. The monoisotopic (exact) mass is 805 g/mol. The van der Waals surface area contributed by atoms with Crippen LogP contribution in [0.25, 0.3) is 0 Å². The Kier molecular flexibility index (Phi) is 13.3. The molecule has 184 valence electrons. The lowest BCUT2D eigenvalue weighted by Crippen LogP contribution is -2.37. The fraction of sp³-hybridized carbons (Fsp3) is 0.444. The topological polar surface area (TPSA) is 206 Å². The van der Waals surface area contributed by atoms with Gasteiger partial charge in [0.05, 0.1) is 55.8 Å². The molecule has 0 fully saturated rings. The van der Waals surface area contributed by atoms with Crippen molar-refractivity contribution < 1.29 is 44.7 Å². The highest BCUT2D eigenvalue weighted by molar-refractivity contribution is 14.1. The summed E-state index contributed by atoms with van der Waals surface area (Å²) in [7, 11) is 0. The van der Waals surface area contributed by atoms with Gasteiger partial charge in [0.2, 0.25) is 5.91 Å². The zero-order chi connectivity index (χ0) is 25.3. The Hall–Kier alpha value is -0.870. The molecule has 0 aliphatic heterocycles. The number of carboxylic acid groups (broad SMARTS) is 1. The van der Waals surface area contributed by atoms with Crippen LogP contribution in [0.15, 0.2) is 0 Å². The van der Waals surface area contributed by atoms with Gasteiger partial charge in [0.15, 0.2) is 0 Å². The number of aliphatic carboxylic acids is 1. The Labute approximate surface area is 229 Å². The number of rotatable bonds is 12. The highest BCUT2D eigenvalue weighted by Crippen LogP contribution is 2.36. The first-order valence-corrected chi connectivity index (χ1v) is 12.5. The molecule has 1 aromatic rings. The number of carbonyl (C=O) groups is 4. The van der Waals surface area contributed by atoms with Gasteiger partial charge in [-0.2, -0.15) is 0 Å². The van der Waals surface area contributed by atoms with Gasteiger partial charge in [-0.05, 0) is 67.8 Å². The maximum absolute atomic E-state index is 12.8. The van der Waals surface area contributed by atoms with Gasteiger partial charge >= 0.3 is 5.97 Å². The molecule has 0 heterocycles. The number of anilines is 1. The molecule has 3 amide bonds. The minimum atomic E-state index is -1.20. The zero-order valence-electron chi connectivity index (χ0n) is 16.9. The van der Waals surface area contributed by atoms with Crippen molar-refractivity contribution in [3.63, 3.8) is 0 Å². The molecular weight excluding hydrogens is 783 g/mol. The molecule has 0 aliphatic carbocycles. The molecule has 0 radical (unpaired) electrons. The van der Waals surface area contributed by atoms with E-state index in [-0.39, 0.29) is 47.0 Å². The summed E-state index contributed by atoms with van der Waals surface area (Å²) in [5.41, 5.74) is 0.152. The number of halogens is 3. The maximum Gasteiger partial charge on any atom is 0.303 e. The van der Waals surface area contributed by atoms with Crippen LogP contribution in [0.3, 0.4) is 0 Å². The molecule has 0 aromatic heterocycles. The Morgan fingerprint density at radius 1 is 0.758 bits per heavy atom. The summed E-state index contributed by atoms with van der Waals surface area (Å²) in [6, 6.07) is 0. The first kappa shape index (κ1) is 30.2. The van der Waals surface area contributed by atoms with E-state index in [9.17, 15) is 29.4 Å². The van der Waals surface area contributed by atoms with Gasteiger partial charge in [-0.25, -0.2) is 0 Å². The lowest BCUT2D eigenvalue weighted by atomic mass is 10.1. The minimum absolute atomic E-state index is 0.0168. The average molecular weight is 805 g/mol. The van der Waals surface area contributed by atoms with Crippen LogP contribution in [0.2, 0.25) is 0 Å². The van der Waals surface area contributed by atoms with Crippen molar-refractivity contribution >= 4 is 97.2 Å². The fourth-order valence-corrected chi connectivity index (χ4v) is 6.74. The molecule has 1 aromatic carbocycles. The van der Waals surface area contributed by atoms with Gasteiger partial charge in [0, 0.05) is 23.1 Å². The quantitative estimate of drug-likeness (QED) is 0.128. The molecule has 0 saturated heterocycles. The van der Waals surface area contributed by atoms with Crippen molar-refractivity contribution in [2.75, 3.05) is 31.6 Å². The molecule has 33 heavy (non-hydrogen) atoms. The fourth-order valence-electron chi connectivity index (χ4n) is 2.32. The lowest BCUT2D eigenvalue weighted by Gasteiger charge is -2.20. The first-order valence-electron chi connectivity index (χ1n) is 9.30. The third kappa shape index (κ3) is 9.02. The first-order chi connectivity index (χ1) is 15.4. The Balaban J connectivity index is 3.47. The number of aliphatic hydroxyl groups excluding tert-OH is 4. The Morgan fingerprint density at radius 3 is 1.55 bits per heavy atom. The van der Waals surface area contributed by atoms with Crippen LogP contribution in [0, 0.1) is 10.7 Å². The van der Waals surface area contributed by atoms with E-state index in [1.165, 1.54) is 0 Å². The predicted octanol–water partition coefficient (Wildman–Crippen LogP) is -0.530. The van der Waals surface area contributed by atoms with Crippen LogP contribution in [0.4, 0.5) is 5.69 Å². The second kappa shape index (κ2) is 14.5. The Bertz CT molecular complexity index is 861. The van der Waals surface area contributed by atoms with Gasteiger partial charge in [0.25, 0.3) is 11.8 Å². The SMILES string of the molecule is O=C(O)CCC(=O)Nc1c(I)c(C(=O)NCC(O)CO)c(I)c(C(=O)NCC(O)CO)c1I. The molecule has 12 nitrogen and oxygen atoms in total. The van der Waals surface area contributed by atoms with Crippen LogP contribution in [0.1, 0.15) is 33.6 Å². The molecule has 0 spiro atoms. The molecule has 2 atom stereocenters. The molecule has 1 rings (SSSR count). The van der Waals surface area contributed by atoms with Crippen molar-refractivity contribution in [1.82, 2.24) is 10.6 Å². The van der Waals surface area contributed by atoms with E-state index in [1.807, 2.05) is 45.2 Å². The summed E-state index contributed by atoms with van der Waals surface area (Å²) in [6.07, 6.45) is -3.15. The van der Waals surface area contributed by atoms with Crippen LogP contribution < -0.4 is 16.0 Å². The standard InChI is InChI=1S/C18H22I3N3O9/c19-13-11(17(32)22-3-7(27)5-25)14(20)16(24-9(29)1-2-10(30)31)15(21)12(13)18(33)23-4-8(28)6-26/h7-8,25-28H,1-6H2,(H,22,32)(H,23,33)(H,24,29)(H,30,31). The van der Waals surface area contributed by atoms with Gasteiger partial charge in [-0.15, -0.1) is 0 Å². The third-order valence-corrected chi connectivity index (χ3v) is 7.26. The summed E-state index contributed by atoms with van der Waals surface area (Å²) >= 11 is 5.40. The smallest absolute Gasteiger partial charge is 0.303 e. The summed E-state index contributed by atoms with van der Waals surface area (Å²) in [5, 5.41) is 53.2. The van der Waals surface area contributed by atoms with E-state index < -0.39 is 55.5 Å². The number of hydrogen-bond acceptors (Lipinski definition) is 8. The maximum atomic E-state index is 12.8. The van der Waals surface area contributed by atoms with E-state index in [2.05, 4.69) is 16.0 Å². The second-order valence-corrected chi connectivity index (χ2v) is 9.84. The van der Waals surface area contributed by atoms with E-state index in [1.54, 1.807) is 22.6 Å². The third-order valence-electron chi connectivity index (χ3n) is 4.02. The summed E-state index contributed by atoms with van der Waals surface area (Å²) in [5.74, 6) is -3.17. The number of hydrogen-bond donors (Lipinski definition) is 8. The molecule has 0 bridgehead atoms. The molecule has 8 N–H and O–H groups in total. The minimum Gasteiger partial charge on any atom is -0.481 e.